The number of rotatable bonds is 1. The van der Waals surface area contributed by atoms with Gasteiger partial charge in [-0.3, -0.25) is 0 Å². The molecule has 1 aromatic rings. The predicted octanol–water partition coefficient (Wildman–Crippen LogP) is 2.12. The Morgan fingerprint density at radius 2 is 1.60 bits per heavy atom. The van der Waals surface area contributed by atoms with Crippen molar-refractivity contribution in [3.8, 4) is 0 Å². The van der Waals surface area contributed by atoms with Crippen LogP contribution in [0.5, 0.6) is 0 Å². The van der Waals surface area contributed by atoms with Crippen molar-refractivity contribution in [3.63, 3.8) is 0 Å². The Bertz CT molecular complexity index is 222. The minimum absolute atomic E-state index is 0.554. The molecule has 0 N–H and O–H groups in total. The van der Waals surface area contributed by atoms with Crippen molar-refractivity contribution >= 4 is 43.6 Å². The fourth-order valence-electron chi connectivity index (χ4n) is 0.400. The summed E-state index contributed by atoms with van der Waals surface area (Å²) in [5.41, 5.74) is 0. The highest BCUT2D eigenvalue weighted by Gasteiger charge is 1.98. The molecule has 0 unspecified atom stereocenters. The first-order chi connectivity index (χ1) is 4.72. The molecular weight excluding hydrogens is 282 g/mol. The van der Waals surface area contributed by atoms with Gasteiger partial charge >= 0.3 is 0 Å². The molecule has 0 bridgehead atoms. The monoisotopic (exact) mass is 283 g/mol. The molecule has 54 valence electrons. The standard InChI is InChI=1S/C4H3Br2N3S/c1-10-4-8-2(5)7-3(6)9-4/h1H3. The van der Waals surface area contributed by atoms with Gasteiger partial charge in [0.1, 0.15) is 0 Å². The molecule has 0 aromatic carbocycles. The Hall–Kier alpha value is 0.320. The van der Waals surface area contributed by atoms with Crippen molar-refractivity contribution in [2.24, 2.45) is 0 Å². The van der Waals surface area contributed by atoms with Gasteiger partial charge in [-0.1, -0.05) is 11.8 Å². The zero-order valence-electron chi connectivity index (χ0n) is 5.01. The highest BCUT2D eigenvalue weighted by atomic mass is 79.9. The van der Waals surface area contributed by atoms with Gasteiger partial charge in [0.25, 0.3) is 0 Å². The predicted molar refractivity (Wildman–Crippen MR) is 47.0 cm³/mol. The number of hydrogen-bond acceptors (Lipinski definition) is 4. The lowest BCUT2D eigenvalue weighted by Crippen LogP contribution is -1.90. The van der Waals surface area contributed by atoms with Gasteiger partial charge in [0.15, 0.2) is 5.16 Å². The zero-order chi connectivity index (χ0) is 7.56. The minimum Gasteiger partial charge on any atom is -0.196 e. The van der Waals surface area contributed by atoms with Crippen LogP contribution in [0.4, 0.5) is 0 Å². The molecule has 0 saturated carbocycles. The number of thioether (sulfide) groups is 1. The van der Waals surface area contributed by atoms with Gasteiger partial charge in [0.05, 0.1) is 0 Å². The third-order valence-electron chi connectivity index (χ3n) is 0.743. The van der Waals surface area contributed by atoms with Gasteiger partial charge in [-0.2, -0.15) is 15.0 Å². The summed E-state index contributed by atoms with van der Waals surface area (Å²) in [6.07, 6.45) is 1.91. The molecule has 0 saturated heterocycles. The van der Waals surface area contributed by atoms with Gasteiger partial charge in [-0.05, 0) is 38.1 Å². The minimum atomic E-state index is 0.554. The van der Waals surface area contributed by atoms with Gasteiger partial charge in [0, 0.05) is 0 Å². The maximum absolute atomic E-state index is 3.98. The lowest BCUT2D eigenvalue weighted by atomic mass is 11.1. The van der Waals surface area contributed by atoms with Crippen LogP contribution in [-0.2, 0) is 0 Å². The molecule has 0 amide bonds. The molecule has 0 spiro atoms. The lowest BCUT2D eigenvalue weighted by Gasteiger charge is -1.94. The summed E-state index contributed by atoms with van der Waals surface area (Å²) < 4.78 is 1.11. The second-order valence-electron chi connectivity index (χ2n) is 1.36. The molecule has 10 heavy (non-hydrogen) atoms. The van der Waals surface area contributed by atoms with E-state index in [2.05, 4.69) is 46.8 Å². The summed E-state index contributed by atoms with van der Waals surface area (Å²) in [7, 11) is 0. The average molecular weight is 285 g/mol. The van der Waals surface area contributed by atoms with E-state index in [0.29, 0.717) is 14.6 Å². The fourth-order valence-corrected chi connectivity index (χ4v) is 1.90. The second kappa shape index (κ2) is 3.64. The number of halogens is 2. The van der Waals surface area contributed by atoms with Gasteiger partial charge in [-0.25, -0.2) is 0 Å². The van der Waals surface area contributed by atoms with E-state index in [1.165, 1.54) is 11.8 Å². The number of nitrogens with zero attached hydrogens (tertiary/aromatic N) is 3. The van der Waals surface area contributed by atoms with E-state index in [1.807, 2.05) is 6.26 Å². The third-order valence-corrected chi connectivity index (χ3v) is 2.00. The Morgan fingerprint density at radius 3 is 2.00 bits per heavy atom. The highest BCUT2D eigenvalue weighted by Crippen LogP contribution is 2.13. The Labute approximate surface area is 79.3 Å². The van der Waals surface area contributed by atoms with Crippen LogP contribution >= 0.6 is 43.6 Å². The van der Waals surface area contributed by atoms with E-state index < -0.39 is 0 Å². The molecule has 0 radical (unpaired) electrons. The van der Waals surface area contributed by atoms with Crippen molar-refractivity contribution < 1.29 is 0 Å². The first-order valence-electron chi connectivity index (χ1n) is 2.33. The molecule has 1 rings (SSSR count). The summed E-state index contributed by atoms with van der Waals surface area (Å²) in [5.74, 6) is 0. The Balaban J connectivity index is 3.06. The summed E-state index contributed by atoms with van der Waals surface area (Å²) in [5, 5.41) is 0.703. The first kappa shape index (κ1) is 8.42. The maximum atomic E-state index is 3.98. The third kappa shape index (κ3) is 2.17. The SMILES string of the molecule is CSc1nc(Br)nc(Br)n1. The smallest absolute Gasteiger partial charge is 0.196 e. The van der Waals surface area contributed by atoms with Crippen molar-refractivity contribution in [2.45, 2.75) is 5.16 Å². The molecule has 6 heteroatoms. The molecule has 0 aliphatic heterocycles. The fraction of sp³-hybridized carbons (Fsp3) is 0.250. The van der Waals surface area contributed by atoms with E-state index in [0.717, 1.165) is 0 Å². The van der Waals surface area contributed by atoms with Crippen LogP contribution in [0.1, 0.15) is 0 Å². The number of hydrogen-bond donors (Lipinski definition) is 0. The van der Waals surface area contributed by atoms with Crippen LogP contribution in [0.15, 0.2) is 14.6 Å². The summed E-state index contributed by atoms with van der Waals surface area (Å²) >= 11 is 7.77. The summed E-state index contributed by atoms with van der Waals surface area (Å²) in [4.78, 5) is 11.8. The van der Waals surface area contributed by atoms with E-state index in [9.17, 15) is 0 Å². The topological polar surface area (TPSA) is 38.7 Å². The lowest BCUT2D eigenvalue weighted by molar-refractivity contribution is 0.853. The quantitative estimate of drug-likeness (QED) is 0.741. The van der Waals surface area contributed by atoms with Crippen LogP contribution in [0.25, 0.3) is 0 Å². The highest BCUT2D eigenvalue weighted by molar-refractivity contribution is 9.11. The summed E-state index contributed by atoms with van der Waals surface area (Å²) in [6.45, 7) is 0. The van der Waals surface area contributed by atoms with Crippen molar-refractivity contribution in [3.05, 3.63) is 9.47 Å². The van der Waals surface area contributed by atoms with E-state index >= 15 is 0 Å². The molecule has 1 heterocycles. The van der Waals surface area contributed by atoms with Gasteiger partial charge in [0.2, 0.25) is 9.47 Å². The Kier molecular flexibility index (Phi) is 3.06. The van der Waals surface area contributed by atoms with Crippen LogP contribution < -0.4 is 0 Å². The van der Waals surface area contributed by atoms with Crippen LogP contribution in [-0.4, -0.2) is 21.2 Å². The molecule has 0 aliphatic carbocycles. The van der Waals surface area contributed by atoms with E-state index in [4.69, 9.17) is 0 Å². The zero-order valence-corrected chi connectivity index (χ0v) is 8.99. The molecule has 1 aromatic heterocycles. The normalized spacial score (nSPS) is 9.90. The van der Waals surface area contributed by atoms with Crippen molar-refractivity contribution in [1.29, 1.82) is 0 Å². The number of aromatic nitrogens is 3. The molecular formula is C4H3Br2N3S. The van der Waals surface area contributed by atoms with E-state index in [-0.39, 0.29) is 0 Å². The molecule has 0 atom stereocenters. The van der Waals surface area contributed by atoms with Crippen molar-refractivity contribution in [1.82, 2.24) is 15.0 Å². The van der Waals surface area contributed by atoms with Crippen LogP contribution in [0.2, 0.25) is 0 Å². The molecule has 3 nitrogen and oxygen atoms in total. The van der Waals surface area contributed by atoms with Crippen molar-refractivity contribution in [2.75, 3.05) is 6.26 Å². The Morgan fingerprint density at radius 1 is 1.10 bits per heavy atom. The first-order valence-corrected chi connectivity index (χ1v) is 5.14. The average Bonchev–Trinajstić information content (AvgIpc) is 1.85. The van der Waals surface area contributed by atoms with E-state index in [1.54, 1.807) is 0 Å². The van der Waals surface area contributed by atoms with Gasteiger partial charge in [-0.15, -0.1) is 0 Å². The van der Waals surface area contributed by atoms with Crippen LogP contribution in [0, 0.1) is 0 Å². The molecule has 0 aliphatic rings. The van der Waals surface area contributed by atoms with Crippen LogP contribution in [0.3, 0.4) is 0 Å². The molecule has 0 fully saturated rings. The largest absolute Gasteiger partial charge is 0.201 e. The maximum Gasteiger partial charge on any atom is 0.201 e. The summed E-state index contributed by atoms with van der Waals surface area (Å²) in [6, 6.07) is 0. The van der Waals surface area contributed by atoms with Gasteiger partial charge < -0.3 is 0 Å². The second-order valence-corrected chi connectivity index (χ2v) is 3.55.